The lowest BCUT2D eigenvalue weighted by Gasteiger charge is -2.12. The van der Waals surface area contributed by atoms with Gasteiger partial charge in [-0.15, -0.1) is 0 Å². The van der Waals surface area contributed by atoms with Crippen LogP contribution in [0.15, 0.2) is 42.6 Å². The summed E-state index contributed by atoms with van der Waals surface area (Å²) in [6, 6.07) is 9.75. The molecule has 0 unspecified atom stereocenters. The fourth-order valence-corrected chi connectivity index (χ4v) is 3.00. The van der Waals surface area contributed by atoms with Crippen molar-refractivity contribution < 1.29 is 19.4 Å². The second kappa shape index (κ2) is 8.27. The van der Waals surface area contributed by atoms with Gasteiger partial charge in [0.15, 0.2) is 0 Å². The SMILES string of the molecule is CCC(=O)Cc1ccc(Oc2ccnc3cc(O)c(C(=O)NC)cc23)cc1Cl. The number of ketones is 1. The maximum Gasteiger partial charge on any atom is 0.254 e. The van der Waals surface area contributed by atoms with Crippen LogP contribution >= 0.6 is 11.6 Å². The van der Waals surface area contributed by atoms with Gasteiger partial charge < -0.3 is 15.2 Å². The number of benzene rings is 2. The number of pyridine rings is 1. The number of rotatable bonds is 6. The zero-order valence-electron chi connectivity index (χ0n) is 15.5. The standard InChI is InChI=1S/C21H19ClN2O4/c1-3-13(25)8-12-4-5-14(9-17(12)22)28-20-6-7-24-18-11-19(26)16(10-15(18)20)21(27)23-2/h4-7,9-11,26H,3,8H2,1-2H3,(H,23,27). The Balaban J connectivity index is 1.97. The highest BCUT2D eigenvalue weighted by atomic mass is 35.5. The van der Waals surface area contributed by atoms with Gasteiger partial charge in [0.2, 0.25) is 0 Å². The van der Waals surface area contributed by atoms with Gasteiger partial charge in [0, 0.05) is 42.6 Å². The smallest absolute Gasteiger partial charge is 0.254 e. The van der Waals surface area contributed by atoms with Crippen LogP contribution in [0.4, 0.5) is 0 Å². The van der Waals surface area contributed by atoms with E-state index >= 15 is 0 Å². The van der Waals surface area contributed by atoms with Crippen molar-refractivity contribution >= 4 is 34.2 Å². The van der Waals surface area contributed by atoms with Crippen molar-refractivity contribution in [2.75, 3.05) is 7.05 Å². The molecule has 144 valence electrons. The number of phenols is 1. The molecule has 2 aromatic carbocycles. The lowest BCUT2D eigenvalue weighted by molar-refractivity contribution is -0.118. The number of halogens is 1. The number of amides is 1. The average molecular weight is 399 g/mol. The third-order valence-corrected chi connectivity index (χ3v) is 4.68. The van der Waals surface area contributed by atoms with Crippen LogP contribution in [0, 0.1) is 0 Å². The summed E-state index contributed by atoms with van der Waals surface area (Å²) in [5.74, 6) is 0.479. The summed E-state index contributed by atoms with van der Waals surface area (Å²) in [7, 11) is 1.49. The molecule has 2 N–H and O–H groups in total. The summed E-state index contributed by atoms with van der Waals surface area (Å²) in [6.45, 7) is 1.81. The van der Waals surface area contributed by atoms with Crippen LogP contribution < -0.4 is 10.1 Å². The highest BCUT2D eigenvalue weighted by molar-refractivity contribution is 6.31. The number of hydrogen-bond acceptors (Lipinski definition) is 5. The number of ether oxygens (including phenoxy) is 1. The second-order valence-corrected chi connectivity index (χ2v) is 6.61. The molecule has 0 radical (unpaired) electrons. The number of fused-ring (bicyclic) bond motifs is 1. The van der Waals surface area contributed by atoms with E-state index in [2.05, 4.69) is 10.3 Å². The van der Waals surface area contributed by atoms with Crippen molar-refractivity contribution in [3.63, 3.8) is 0 Å². The van der Waals surface area contributed by atoms with Crippen LogP contribution in [-0.2, 0) is 11.2 Å². The monoisotopic (exact) mass is 398 g/mol. The number of carbonyl (C=O) groups excluding carboxylic acids is 2. The van der Waals surface area contributed by atoms with Crippen LogP contribution in [0.1, 0.15) is 29.3 Å². The van der Waals surface area contributed by atoms with Gasteiger partial charge in [-0.1, -0.05) is 24.6 Å². The van der Waals surface area contributed by atoms with Crippen molar-refractivity contribution in [3.05, 3.63) is 58.7 Å². The maximum absolute atomic E-state index is 12.0. The van der Waals surface area contributed by atoms with E-state index in [1.165, 1.54) is 19.2 Å². The van der Waals surface area contributed by atoms with E-state index in [-0.39, 0.29) is 23.5 Å². The fraction of sp³-hybridized carbons (Fsp3) is 0.190. The summed E-state index contributed by atoms with van der Waals surface area (Å²) < 4.78 is 5.94. The number of aromatic nitrogens is 1. The molecule has 0 aliphatic heterocycles. The van der Waals surface area contributed by atoms with E-state index in [1.807, 2.05) is 6.92 Å². The number of phenolic OH excluding ortho intramolecular Hbond substituents is 1. The third kappa shape index (κ3) is 4.07. The van der Waals surface area contributed by atoms with Gasteiger partial charge in [0.25, 0.3) is 5.91 Å². The number of aromatic hydroxyl groups is 1. The number of nitrogens with zero attached hydrogens (tertiary/aromatic N) is 1. The Bertz CT molecular complexity index is 1070. The van der Waals surface area contributed by atoms with E-state index in [4.69, 9.17) is 16.3 Å². The molecule has 3 rings (SSSR count). The van der Waals surface area contributed by atoms with E-state index < -0.39 is 5.91 Å². The molecule has 6 nitrogen and oxygen atoms in total. The molecule has 0 aliphatic carbocycles. The van der Waals surface area contributed by atoms with E-state index in [0.29, 0.717) is 33.8 Å². The van der Waals surface area contributed by atoms with Crippen molar-refractivity contribution in [2.24, 2.45) is 0 Å². The summed E-state index contributed by atoms with van der Waals surface area (Å²) in [4.78, 5) is 27.8. The zero-order valence-corrected chi connectivity index (χ0v) is 16.2. The molecule has 0 aliphatic rings. The Morgan fingerprint density at radius 1 is 1.21 bits per heavy atom. The molecule has 1 aromatic heterocycles. The van der Waals surface area contributed by atoms with Crippen molar-refractivity contribution in [1.29, 1.82) is 0 Å². The highest BCUT2D eigenvalue weighted by Gasteiger charge is 2.15. The summed E-state index contributed by atoms with van der Waals surface area (Å²) >= 11 is 6.29. The Hall–Kier alpha value is -3.12. The first-order valence-electron chi connectivity index (χ1n) is 8.74. The molecule has 0 bridgehead atoms. The molecule has 7 heteroatoms. The Kier molecular flexibility index (Phi) is 5.80. The van der Waals surface area contributed by atoms with Crippen LogP contribution in [0.5, 0.6) is 17.2 Å². The Labute approximate surface area is 167 Å². The molecule has 3 aromatic rings. The third-order valence-electron chi connectivity index (χ3n) is 4.32. The first kappa shape index (κ1) is 19.6. The fourth-order valence-electron chi connectivity index (χ4n) is 2.76. The predicted molar refractivity (Wildman–Crippen MR) is 107 cm³/mol. The van der Waals surface area contributed by atoms with Gasteiger partial charge >= 0.3 is 0 Å². The summed E-state index contributed by atoms with van der Waals surface area (Å²) in [5.41, 5.74) is 1.35. The molecular weight excluding hydrogens is 380 g/mol. The minimum absolute atomic E-state index is 0.109. The highest BCUT2D eigenvalue weighted by Crippen LogP contribution is 2.34. The molecule has 28 heavy (non-hydrogen) atoms. The lowest BCUT2D eigenvalue weighted by atomic mass is 10.1. The van der Waals surface area contributed by atoms with Crippen molar-refractivity contribution in [2.45, 2.75) is 19.8 Å². The van der Waals surface area contributed by atoms with Gasteiger partial charge in [-0.2, -0.15) is 0 Å². The predicted octanol–water partition coefficient (Wildman–Crippen LogP) is 4.27. The van der Waals surface area contributed by atoms with Gasteiger partial charge in [0.1, 0.15) is 23.0 Å². The number of Topliss-reactive ketones (excluding diaryl/α,β-unsaturated/α-hetero) is 1. The number of hydrogen-bond donors (Lipinski definition) is 2. The molecule has 0 atom stereocenters. The molecule has 0 saturated heterocycles. The molecule has 0 spiro atoms. The van der Waals surface area contributed by atoms with Crippen LogP contribution in [0.2, 0.25) is 5.02 Å². The number of carbonyl (C=O) groups is 2. The average Bonchev–Trinajstić information content (AvgIpc) is 2.69. The molecule has 1 amide bonds. The number of nitrogens with one attached hydrogen (secondary N) is 1. The van der Waals surface area contributed by atoms with Gasteiger partial charge in [-0.3, -0.25) is 14.6 Å². The Morgan fingerprint density at radius 2 is 2.00 bits per heavy atom. The maximum atomic E-state index is 12.0. The second-order valence-electron chi connectivity index (χ2n) is 6.20. The van der Waals surface area contributed by atoms with Crippen LogP contribution in [0.25, 0.3) is 10.9 Å². The van der Waals surface area contributed by atoms with Crippen LogP contribution in [-0.4, -0.2) is 28.8 Å². The summed E-state index contributed by atoms with van der Waals surface area (Å²) in [5, 5.41) is 13.6. The van der Waals surface area contributed by atoms with Crippen molar-refractivity contribution in [3.8, 4) is 17.2 Å². The van der Waals surface area contributed by atoms with E-state index in [9.17, 15) is 14.7 Å². The van der Waals surface area contributed by atoms with E-state index in [0.717, 1.165) is 5.56 Å². The molecule has 1 heterocycles. The molecule has 0 fully saturated rings. The van der Waals surface area contributed by atoms with Gasteiger partial charge in [0.05, 0.1) is 11.1 Å². The topological polar surface area (TPSA) is 88.5 Å². The largest absolute Gasteiger partial charge is 0.507 e. The van der Waals surface area contributed by atoms with Gasteiger partial charge in [-0.25, -0.2) is 0 Å². The molecular formula is C21H19ClN2O4. The minimum atomic E-state index is -0.415. The lowest BCUT2D eigenvalue weighted by Crippen LogP contribution is -2.17. The summed E-state index contributed by atoms with van der Waals surface area (Å²) in [6.07, 6.45) is 2.28. The molecule has 0 saturated carbocycles. The first-order valence-corrected chi connectivity index (χ1v) is 9.12. The van der Waals surface area contributed by atoms with E-state index in [1.54, 1.807) is 30.5 Å². The Morgan fingerprint density at radius 3 is 2.68 bits per heavy atom. The zero-order chi connectivity index (χ0) is 20.3. The van der Waals surface area contributed by atoms with Gasteiger partial charge in [-0.05, 0) is 29.8 Å². The van der Waals surface area contributed by atoms with Crippen molar-refractivity contribution in [1.82, 2.24) is 10.3 Å². The normalized spacial score (nSPS) is 10.7. The minimum Gasteiger partial charge on any atom is -0.507 e. The van der Waals surface area contributed by atoms with Crippen LogP contribution in [0.3, 0.4) is 0 Å². The first-order chi connectivity index (χ1) is 13.4. The quantitative estimate of drug-likeness (QED) is 0.647.